The second kappa shape index (κ2) is 7.48. The summed E-state index contributed by atoms with van der Waals surface area (Å²) in [6, 6.07) is 12.2. The summed E-state index contributed by atoms with van der Waals surface area (Å²) in [5.41, 5.74) is 2.12. The van der Waals surface area contributed by atoms with Crippen molar-refractivity contribution in [1.82, 2.24) is 4.72 Å². The van der Waals surface area contributed by atoms with Crippen molar-refractivity contribution in [3.63, 3.8) is 0 Å². The first kappa shape index (κ1) is 17.3. The Balaban J connectivity index is 1.90. The topological polar surface area (TPSA) is 64.6 Å². The maximum absolute atomic E-state index is 12.2. The lowest BCUT2D eigenvalue weighted by Crippen LogP contribution is -2.28. The average molecular weight is 335 g/mol. The fraction of sp³-hybridized carbons (Fsp3) is 0.294. The second-order valence-corrected chi connectivity index (χ2v) is 6.96. The van der Waals surface area contributed by atoms with Gasteiger partial charge in [-0.15, -0.1) is 0 Å². The van der Waals surface area contributed by atoms with E-state index in [9.17, 15) is 8.42 Å². The van der Waals surface area contributed by atoms with E-state index in [1.807, 2.05) is 32.0 Å². The largest absolute Gasteiger partial charge is 0.497 e. The minimum atomic E-state index is -3.54. The van der Waals surface area contributed by atoms with Crippen LogP contribution in [0.15, 0.2) is 47.4 Å². The number of hydrogen-bond donors (Lipinski definition) is 1. The highest BCUT2D eigenvalue weighted by molar-refractivity contribution is 7.89. The molecular weight excluding hydrogens is 314 g/mol. The molecule has 0 unspecified atom stereocenters. The number of rotatable bonds is 7. The second-order valence-electron chi connectivity index (χ2n) is 5.19. The predicted molar refractivity (Wildman–Crippen MR) is 89.6 cm³/mol. The molecule has 0 fully saturated rings. The molecule has 0 aliphatic carbocycles. The molecule has 0 bridgehead atoms. The number of benzene rings is 2. The van der Waals surface area contributed by atoms with Gasteiger partial charge in [-0.25, -0.2) is 13.1 Å². The molecular formula is C17H21NO4S. The molecule has 0 saturated heterocycles. The Bertz CT molecular complexity index is 755. The van der Waals surface area contributed by atoms with Gasteiger partial charge in [0, 0.05) is 6.54 Å². The number of sulfonamides is 1. The van der Waals surface area contributed by atoms with Crippen LogP contribution in [-0.2, 0) is 10.0 Å². The summed E-state index contributed by atoms with van der Waals surface area (Å²) in [5.74, 6) is 1.39. The first-order valence-electron chi connectivity index (χ1n) is 7.26. The molecule has 0 radical (unpaired) electrons. The molecule has 0 aliphatic heterocycles. The molecule has 23 heavy (non-hydrogen) atoms. The third-order valence-electron chi connectivity index (χ3n) is 3.37. The molecule has 6 heteroatoms. The third kappa shape index (κ3) is 4.71. The van der Waals surface area contributed by atoms with Crippen molar-refractivity contribution in [1.29, 1.82) is 0 Å². The number of nitrogens with one attached hydrogen (secondary N) is 1. The van der Waals surface area contributed by atoms with Crippen LogP contribution in [0.4, 0.5) is 0 Å². The predicted octanol–water partition coefficient (Wildman–Crippen LogP) is 2.67. The fourth-order valence-electron chi connectivity index (χ4n) is 2.04. The van der Waals surface area contributed by atoms with E-state index in [-0.39, 0.29) is 18.0 Å². The van der Waals surface area contributed by atoms with Gasteiger partial charge in [-0.1, -0.05) is 12.1 Å². The molecule has 0 atom stereocenters. The lowest BCUT2D eigenvalue weighted by molar-refractivity contribution is 0.320. The van der Waals surface area contributed by atoms with Crippen molar-refractivity contribution < 1.29 is 17.9 Å². The maximum Gasteiger partial charge on any atom is 0.240 e. The summed E-state index contributed by atoms with van der Waals surface area (Å²) in [7, 11) is -2.01. The van der Waals surface area contributed by atoms with E-state index in [0.29, 0.717) is 5.75 Å². The zero-order valence-electron chi connectivity index (χ0n) is 13.5. The lowest BCUT2D eigenvalue weighted by atomic mass is 10.1. The van der Waals surface area contributed by atoms with Gasteiger partial charge in [0.25, 0.3) is 0 Å². The normalized spacial score (nSPS) is 11.3. The molecule has 0 aliphatic rings. The summed E-state index contributed by atoms with van der Waals surface area (Å²) < 4.78 is 37.5. The molecule has 0 aromatic heterocycles. The molecule has 2 rings (SSSR count). The summed E-state index contributed by atoms with van der Waals surface area (Å²) in [5, 5.41) is 0. The van der Waals surface area contributed by atoms with Crippen LogP contribution in [0.2, 0.25) is 0 Å². The van der Waals surface area contributed by atoms with Crippen molar-refractivity contribution in [3.8, 4) is 11.5 Å². The van der Waals surface area contributed by atoms with Crippen LogP contribution in [-0.4, -0.2) is 28.7 Å². The quantitative estimate of drug-likeness (QED) is 0.790. The van der Waals surface area contributed by atoms with E-state index in [1.165, 1.54) is 19.2 Å². The zero-order valence-corrected chi connectivity index (χ0v) is 14.3. The lowest BCUT2D eigenvalue weighted by Gasteiger charge is -2.11. The van der Waals surface area contributed by atoms with Gasteiger partial charge in [0.15, 0.2) is 0 Å². The van der Waals surface area contributed by atoms with Gasteiger partial charge in [0.05, 0.1) is 12.0 Å². The number of aryl methyl sites for hydroxylation is 2. The van der Waals surface area contributed by atoms with Crippen molar-refractivity contribution in [2.24, 2.45) is 0 Å². The number of ether oxygens (including phenoxy) is 2. The van der Waals surface area contributed by atoms with Crippen molar-refractivity contribution in [2.75, 3.05) is 20.3 Å². The van der Waals surface area contributed by atoms with Crippen LogP contribution in [0.5, 0.6) is 11.5 Å². The van der Waals surface area contributed by atoms with Gasteiger partial charge in [0.2, 0.25) is 10.0 Å². The van der Waals surface area contributed by atoms with Gasteiger partial charge in [-0.2, -0.15) is 0 Å². The van der Waals surface area contributed by atoms with Crippen molar-refractivity contribution in [3.05, 3.63) is 53.6 Å². The van der Waals surface area contributed by atoms with Crippen molar-refractivity contribution in [2.45, 2.75) is 18.7 Å². The van der Waals surface area contributed by atoms with Crippen LogP contribution in [0.25, 0.3) is 0 Å². The molecule has 124 valence electrons. The molecule has 0 amide bonds. The standard InChI is InChI=1S/C17H21NO4S/c1-13-4-5-14(2)17(12-13)22-11-10-18-23(19,20)16-8-6-15(21-3)7-9-16/h4-9,12,18H,10-11H2,1-3H3. The summed E-state index contributed by atoms with van der Waals surface area (Å²) in [4.78, 5) is 0.199. The molecule has 0 heterocycles. The SMILES string of the molecule is COc1ccc(S(=O)(=O)NCCOc2cc(C)ccc2C)cc1. The van der Waals surface area contributed by atoms with Gasteiger partial charge < -0.3 is 9.47 Å². The first-order valence-corrected chi connectivity index (χ1v) is 8.74. The molecule has 2 aromatic rings. The van der Waals surface area contributed by atoms with Crippen LogP contribution < -0.4 is 14.2 Å². The number of hydrogen-bond acceptors (Lipinski definition) is 4. The Morgan fingerprint density at radius 3 is 2.39 bits per heavy atom. The highest BCUT2D eigenvalue weighted by Gasteiger charge is 2.13. The smallest absolute Gasteiger partial charge is 0.240 e. The Morgan fingerprint density at radius 2 is 1.74 bits per heavy atom. The minimum Gasteiger partial charge on any atom is -0.497 e. The van der Waals surface area contributed by atoms with Gasteiger partial charge in [-0.05, 0) is 55.3 Å². The highest BCUT2D eigenvalue weighted by Crippen LogP contribution is 2.19. The fourth-order valence-corrected chi connectivity index (χ4v) is 3.05. The third-order valence-corrected chi connectivity index (χ3v) is 4.84. The van der Waals surface area contributed by atoms with Gasteiger partial charge in [-0.3, -0.25) is 0 Å². The van der Waals surface area contributed by atoms with Crippen molar-refractivity contribution >= 4 is 10.0 Å². The summed E-state index contributed by atoms with van der Waals surface area (Å²) >= 11 is 0. The molecule has 0 saturated carbocycles. The van der Waals surface area contributed by atoms with E-state index < -0.39 is 10.0 Å². The van der Waals surface area contributed by atoms with Crippen LogP contribution in [0.1, 0.15) is 11.1 Å². The van der Waals surface area contributed by atoms with E-state index in [2.05, 4.69) is 4.72 Å². The zero-order chi connectivity index (χ0) is 16.9. The van der Waals surface area contributed by atoms with E-state index in [4.69, 9.17) is 9.47 Å². The van der Waals surface area contributed by atoms with E-state index in [1.54, 1.807) is 12.1 Å². The minimum absolute atomic E-state index is 0.196. The Morgan fingerprint density at radius 1 is 1.04 bits per heavy atom. The van der Waals surface area contributed by atoms with Crippen LogP contribution in [0, 0.1) is 13.8 Å². The molecule has 1 N–H and O–H groups in total. The summed E-state index contributed by atoms with van der Waals surface area (Å²) in [6.07, 6.45) is 0. The Hall–Kier alpha value is -2.05. The molecule has 2 aromatic carbocycles. The highest BCUT2D eigenvalue weighted by atomic mass is 32.2. The Kier molecular flexibility index (Phi) is 5.63. The van der Waals surface area contributed by atoms with Gasteiger partial charge in [0.1, 0.15) is 18.1 Å². The van der Waals surface area contributed by atoms with Gasteiger partial charge >= 0.3 is 0 Å². The van der Waals surface area contributed by atoms with Crippen LogP contribution in [0.3, 0.4) is 0 Å². The van der Waals surface area contributed by atoms with Crippen LogP contribution >= 0.6 is 0 Å². The average Bonchev–Trinajstić information content (AvgIpc) is 2.54. The van der Waals surface area contributed by atoms with E-state index >= 15 is 0 Å². The summed E-state index contributed by atoms with van der Waals surface area (Å²) in [6.45, 7) is 4.40. The molecule has 5 nitrogen and oxygen atoms in total. The first-order chi connectivity index (χ1) is 10.9. The Labute approximate surface area is 137 Å². The van der Waals surface area contributed by atoms with E-state index in [0.717, 1.165) is 16.9 Å². The maximum atomic E-state index is 12.2. The molecule has 0 spiro atoms. The number of methoxy groups -OCH3 is 1. The monoisotopic (exact) mass is 335 g/mol.